The van der Waals surface area contributed by atoms with Gasteiger partial charge in [-0.2, -0.15) is 0 Å². The fraction of sp³-hybridized carbons (Fsp3) is 0.476. The number of ether oxygens (including phenoxy) is 2. The fourth-order valence-electron chi connectivity index (χ4n) is 3.63. The summed E-state index contributed by atoms with van der Waals surface area (Å²) in [6.07, 6.45) is 2.19. The maximum absolute atomic E-state index is 6.35. The average Bonchev–Trinajstić information content (AvgIpc) is 3.28. The predicted octanol–water partition coefficient (Wildman–Crippen LogP) is 3.90. The Labute approximate surface area is 180 Å². The number of nitrogens with one attached hydrogen (secondary N) is 2. The van der Waals surface area contributed by atoms with E-state index in [1.807, 2.05) is 23.5 Å². The van der Waals surface area contributed by atoms with Crippen molar-refractivity contribution in [3.05, 3.63) is 40.2 Å². The first-order chi connectivity index (χ1) is 14.2. The normalized spacial score (nSPS) is 17.3. The molecule has 8 heteroatoms. The van der Waals surface area contributed by atoms with Gasteiger partial charge in [-0.05, 0) is 55.0 Å². The van der Waals surface area contributed by atoms with Crippen LogP contribution < -0.4 is 25.0 Å². The van der Waals surface area contributed by atoms with Crippen molar-refractivity contribution in [2.45, 2.75) is 32.4 Å². The van der Waals surface area contributed by atoms with E-state index in [1.165, 1.54) is 5.00 Å². The first kappa shape index (κ1) is 20.2. The van der Waals surface area contributed by atoms with Crippen molar-refractivity contribution in [3.63, 3.8) is 0 Å². The van der Waals surface area contributed by atoms with Gasteiger partial charge >= 0.3 is 0 Å². The minimum atomic E-state index is 0.424. The SMILES string of the molecule is CCNC(=NCc1cc(Cl)c2c(c1)OCCO2)NC1CCN(c2cccs2)CC1. The summed E-state index contributed by atoms with van der Waals surface area (Å²) in [6, 6.07) is 8.61. The fourth-order valence-corrected chi connectivity index (χ4v) is 4.71. The van der Waals surface area contributed by atoms with Gasteiger partial charge in [-0.15, -0.1) is 11.3 Å². The highest BCUT2D eigenvalue weighted by molar-refractivity contribution is 7.14. The molecule has 2 N–H and O–H groups in total. The van der Waals surface area contributed by atoms with Gasteiger partial charge < -0.3 is 25.0 Å². The lowest BCUT2D eigenvalue weighted by atomic mass is 10.1. The van der Waals surface area contributed by atoms with Crippen LogP contribution in [-0.2, 0) is 6.54 Å². The van der Waals surface area contributed by atoms with E-state index in [2.05, 4.69) is 40.0 Å². The van der Waals surface area contributed by atoms with Crippen LogP contribution in [0.5, 0.6) is 11.5 Å². The number of fused-ring (bicyclic) bond motifs is 1. The van der Waals surface area contributed by atoms with Crippen LogP contribution in [0.4, 0.5) is 5.00 Å². The molecule has 1 aromatic carbocycles. The quantitative estimate of drug-likeness (QED) is 0.552. The second-order valence-electron chi connectivity index (χ2n) is 7.15. The monoisotopic (exact) mass is 434 g/mol. The third kappa shape index (κ3) is 5.08. The topological polar surface area (TPSA) is 58.1 Å². The number of benzene rings is 1. The molecule has 0 saturated carbocycles. The minimum Gasteiger partial charge on any atom is -0.486 e. The van der Waals surface area contributed by atoms with E-state index in [4.69, 9.17) is 26.1 Å². The molecule has 156 valence electrons. The Bertz CT molecular complexity index is 835. The van der Waals surface area contributed by atoms with Crippen molar-refractivity contribution in [2.75, 3.05) is 37.7 Å². The molecule has 6 nitrogen and oxygen atoms in total. The van der Waals surface area contributed by atoms with Crippen LogP contribution in [0.25, 0.3) is 0 Å². The summed E-state index contributed by atoms with van der Waals surface area (Å²) in [5.41, 5.74) is 1.00. The van der Waals surface area contributed by atoms with E-state index in [-0.39, 0.29) is 0 Å². The molecule has 1 fully saturated rings. The number of thiophene rings is 1. The molecular weight excluding hydrogens is 408 g/mol. The highest BCUT2D eigenvalue weighted by Gasteiger charge is 2.21. The summed E-state index contributed by atoms with van der Waals surface area (Å²) in [5.74, 6) is 2.18. The smallest absolute Gasteiger partial charge is 0.191 e. The van der Waals surface area contributed by atoms with Crippen LogP contribution in [0, 0.1) is 0 Å². The molecule has 4 rings (SSSR count). The zero-order chi connectivity index (χ0) is 20.1. The summed E-state index contributed by atoms with van der Waals surface area (Å²) in [4.78, 5) is 7.23. The lowest BCUT2D eigenvalue weighted by molar-refractivity contribution is 0.171. The Kier molecular flexibility index (Phi) is 6.67. The first-order valence-electron chi connectivity index (χ1n) is 10.1. The van der Waals surface area contributed by atoms with Gasteiger partial charge in [-0.1, -0.05) is 11.6 Å². The lowest BCUT2D eigenvalue weighted by Gasteiger charge is -2.33. The van der Waals surface area contributed by atoms with Crippen molar-refractivity contribution in [3.8, 4) is 11.5 Å². The number of rotatable bonds is 5. The molecule has 2 aliphatic heterocycles. The van der Waals surface area contributed by atoms with Gasteiger partial charge in [-0.3, -0.25) is 0 Å². The Morgan fingerprint density at radius 3 is 2.86 bits per heavy atom. The molecule has 3 heterocycles. The third-order valence-corrected chi connectivity index (χ3v) is 6.28. The standard InChI is InChI=1S/C21H27ClN4O2S/c1-2-23-21(25-16-5-7-26(8-6-16)19-4-3-11-29-19)24-14-15-12-17(22)20-18(13-15)27-9-10-28-20/h3-4,11-13,16H,2,5-10,14H2,1H3,(H2,23,24,25). The Balaban J connectivity index is 1.36. The van der Waals surface area contributed by atoms with Gasteiger partial charge in [0.25, 0.3) is 0 Å². The average molecular weight is 435 g/mol. The van der Waals surface area contributed by atoms with Crippen LogP contribution in [0.1, 0.15) is 25.3 Å². The number of hydrogen-bond donors (Lipinski definition) is 2. The molecule has 0 spiro atoms. The van der Waals surface area contributed by atoms with E-state index in [1.54, 1.807) is 0 Å². The van der Waals surface area contributed by atoms with Crippen LogP contribution >= 0.6 is 22.9 Å². The summed E-state index contributed by atoms with van der Waals surface area (Å²) >= 11 is 8.16. The van der Waals surface area contributed by atoms with Gasteiger partial charge in [0, 0.05) is 25.7 Å². The van der Waals surface area contributed by atoms with Crippen molar-refractivity contribution >= 4 is 33.9 Å². The molecule has 1 aromatic heterocycles. The Hall–Kier alpha value is -2.12. The van der Waals surface area contributed by atoms with Crippen molar-refractivity contribution in [1.82, 2.24) is 10.6 Å². The molecule has 2 aromatic rings. The van der Waals surface area contributed by atoms with Gasteiger partial charge in [0.15, 0.2) is 17.5 Å². The molecule has 29 heavy (non-hydrogen) atoms. The van der Waals surface area contributed by atoms with E-state index in [9.17, 15) is 0 Å². The molecular formula is C21H27ClN4O2S. The summed E-state index contributed by atoms with van der Waals surface area (Å²) < 4.78 is 11.3. The van der Waals surface area contributed by atoms with E-state index < -0.39 is 0 Å². The highest BCUT2D eigenvalue weighted by Crippen LogP contribution is 2.38. The molecule has 0 unspecified atom stereocenters. The maximum atomic E-state index is 6.35. The zero-order valence-electron chi connectivity index (χ0n) is 16.6. The molecule has 0 radical (unpaired) electrons. The molecule has 0 aliphatic carbocycles. The first-order valence-corrected chi connectivity index (χ1v) is 11.4. The number of halogens is 1. The van der Waals surface area contributed by atoms with E-state index in [0.717, 1.165) is 44.0 Å². The molecule has 0 atom stereocenters. The van der Waals surface area contributed by atoms with Crippen molar-refractivity contribution in [2.24, 2.45) is 4.99 Å². The summed E-state index contributed by atoms with van der Waals surface area (Å²) in [6.45, 7) is 6.64. The van der Waals surface area contributed by atoms with Gasteiger partial charge in [0.1, 0.15) is 13.2 Å². The van der Waals surface area contributed by atoms with Gasteiger partial charge in [0.05, 0.1) is 16.6 Å². The maximum Gasteiger partial charge on any atom is 0.191 e. The van der Waals surface area contributed by atoms with Crippen LogP contribution in [0.15, 0.2) is 34.6 Å². The number of piperidine rings is 1. The van der Waals surface area contributed by atoms with Crippen molar-refractivity contribution in [1.29, 1.82) is 0 Å². The number of anilines is 1. The van der Waals surface area contributed by atoms with Crippen LogP contribution in [-0.4, -0.2) is 44.8 Å². The predicted molar refractivity (Wildman–Crippen MR) is 120 cm³/mol. The third-order valence-electron chi connectivity index (χ3n) is 5.07. The van der Waals surface area contributed by atoms with E-state index >= 15 is 0 Å². The largest absolute Gasteiger partial charge is 0.486 e. The van der Waals surface area contributed by atoms with Crippen LogP contribution in [0.2, 0.25) is 5.02 Å². The summed E-state index contributed by atoms with van der Waals surface area (Å²) in [7, 11) is 0. The zero-order valence-corrected chi connectivity index (χ0v) is 18.2. The number of nitrogens with zero attached hydrogens (tertiary/aromatic N) is 2. The lowest BCUT2D eigenvalue weighted by Crippen LogP contribution is -2.48. The number of aliphatic imine (C=N–C) groups is 1. The second-order valence-corrected chi connectivity index (χ2v) is 8.49. The minimum absolute atomic E-state index is 0.424. The Morgan fingerprint density at radius 2 is 2.10 bits per heavy atom. The second kappa shape index (κ2) is 9.59. The summed E-state index contributed by atoms with van der Waals surface area (Å²) in [5, 5.41) is 11.0. The van der Waals surface area contributed by atoms with Crippen LogP contribution in [0.3, 0.4) is 0 Å². The molecule has 2 aliphatic rings. The van der Waals surface area contributed by atoms with E-state index in [0.29, 0.717) is 42.3 Å². The highest BCUT2D eigenvalue weighted by atomic mass is 35.5. The van der Waals surface area contributed by atoms with Gasteiger partial charge in [0.2, 0.25) is 0 Å². The Morgan fingerprint density at radius 1 is 1.28 bits per heavy atom. The van der Waals surface area contributed by atoms with Gasteiger partial charge in [-0.25, -0.2) is 4.99 Å². The van der Waals surface area contributed by atoms with Crippen molar-refractivity contribution < 1.29 is 9.47 Å². The molecule has 0 bridgehead atoms. The number of hydrogen-bond acceptors (Lipinski definition) is 5. The number of guanidine groups is 1. The molecule has 0 amide bonds. The molecule has 1 saturated heterocycles.